The molecule has 1 aliphatic rings. The summed E-state index contributed by atoms with van der Waals surface area (Å²) in [4.78, 5) is 6.85. The van der Waals surface area contributed by atoms with Crippen LogP contribution in [-0.4, -0.2) is 31.7 Å². The minimum atomic E-state index is 0.760. The molecule has 1 unspecified atom stereocenters. The fraction of sp³-hybridized carbons (Fsp3) is 0.583. The number of anilines is 1. The number of halogens is 1. The molecule has 0 spiro atoms. The third kappa shape index (κ3) is 2.55. The first-order valence-corrected chi connectivity index (χ1v) is 6.51. The minimum absolute atomic E-state index is 0.760. The van der Waals surface area contributed by atoms with Crippen LogP contribution in [0.25, 0.3) is 0 Å². The number of nitrogens with zero attached hydrogens (tertiary/aromatic N) is 2. The Bertz CT molecular complexity index is 367. The van der Waals surface area contributed by atoms with Crippen molar-refractivity contribution in [2.75, 3.05) is 31.6 Å². The van der Waals surface area contributed by atoms with Gasteiger partial charge in [-0.1, -0.05) is 0 Å². The Balaban J connectivity index is 2.05. The second kappa shape index (κ2) is 5.15. The van der Waals surface area contributed by atoms with E-state index >= 15 is 0 Å². The predicted octanol–water partition coefficient (Wildman–Crippen LogP) is 2.20. The molecule has 1 N–H and O–H groups in total. The molecule has 1 fully saturated rings. The van der Waals surface area contributed by atoms with Crippen molar-refractivity contribution in [1.82, 2.24) is 10.3 Å². The maximum Gasteiger partial charge on any atom is 0.128 e. The average molecular weight is 284 g/mol. The Hall–Kier alpha value is -0.610. The monoisotopic (exact) mass is 283 g/mol. The molecule has 1 atom stereocenters. The molecule has 88 valence electrons. The van der Waals surface area contributed by atoms with Crippen molar-refractivity contribution in [3.8, 4) is 0 Å². The van der Waals surface area contributed by atoms with Gasteiger partial charge in [0.1, 0.15) is 5.82 Å². The molecule has 4 heteroatoms. The fourth-order valence-corrected chi connectivity index (χ4v) is 2.41. The highest BCUT2D eigenvalue weighted by Gasteiger charge is 2.22. The van der Waals surface area contributed by atoms with Gasteiger partial charge in [-0.05, 0) is 60.4 Å². The summed E-state index contributed by atoms with van der Waals surface area (Å²) >= 11 is 3.48. The van der Waals surface area contributed by atoms with Crippen LogP contribution in [0.3, 0.4) is 0 Å². The van der Waals surface area contributed by atoms with Crippen LogP contribution in [0.4, 0.5) is 5.82 Å². The summed E-state index contributed by atoms with van der Waals surface area (Å²) in [5, 5.41) is 3.25. The van der Waals surface area contributed by atoms with Gasteiger partial charge in [0.05, 0.1) is 0 Å². The normalized spacial score (nSPS) is 20.4. The van der Waals surface area contributed by atoms with E-state index in [4.69, 9.17) is 0 Å². The Morgan fingerprint density at radius 1 is 1.62 bits per heavy atom. The molecule has 0 aliphatic carbocycles. The topological polar surface area (TPSA) is 28.2 Å². The molecular weight excluding hydrogens is 266 g/mol. The molecule has 2 rings (SSSR count). The van der Waals surface area contributed by atoms with Crippen molar-refractivity contribution in [3.05, 3.63) is 22.3 Å². The van der Waals surface area contributed by atoms with Gasteiger partial charge in [0.15, 0.2) is 0 Å². The number of aryl methyl sites for hydroxylation is 1. The van der Waals surface area contributed by atoms with E-state index in [1.54, 1.807) is 0 Å². The number of rotatable bonds is 3. The standard InChI is InChI=1S/C12H18BrN3/c1-9-5-12(15-7-11(9)13)16-4-3-10(8-16)6-14-2/h5,7,10,14H,3-4,6,8H2,1-2H3. The Kier molecular flexibility index (Phi) is 3.82. The smallest absolute Gasteiger partial charge is 0.128 e. The zero-order valence-electron chi connectivity index (χ0n) is 9.83. The van der Waals surface area contributed by atoms with Crippen LogP contribution in [0.15, 0.2) is 16.7 Å². The lowest BCUT2D eigenvalue weighted by Gasteiger charge is -2.18. The van der Waals surface area contributed by atoms with Gasteiger partial charge in [-0.3, -0.25) is 0 Å². The maximum atomic E-state index is 4.47. The quantitative estimate of drug-likeness (QED) is 0.922. The summed E-state index contributed by atoms with van der Waals surface area (Å²) in [6, 6.07) is 2.16. The predicted molar refractivity (Wildman–Crippen MR) is 70.9 cm³/mol. The third-order valence-electron chi connectivity index (χ3n) is 3.14. The van der Waals surface area contributed by atoms with E-state index in [0.29, 0.717) is 0 Å². The van der Waals surface area contributed by atoms with E-state index in [0.717, 1.165) is 35.8 Å². The lowest BCUT2D eigenvalue weighted by molar-refractivity contribution is 0.549. The van der Waals surface area contributed by atoms with E-state index in [1.165, 1.54) is 12.0 Å². The average Bonchev–Trinajstić information content (AvgIpc) is 2.71. The number of nitrogens with one attached hydrogen (secondary N) is 1. The van der Waals surface area contributed by atoms with Gasteiger partial charge >= 0.3 is 0 Å². The van der Waals surface area contributed by atoms with Crippen LogP contribution in [0, 0.1) is 12.8 Å². The van der Waals surface area contributed by atoms with E-state index in [2.05, 4.69) is 44.1 Å². The summed E-state index contributed by atoms with van der Waals surface area (Å²) in [5.74, 6) is 1.87. The van der Waals surface area contributed by atoms with Crippen LogP contribution >= 0.6 is 15.9 Å². The molecule has 1 aromatic heterocycles. The maximum absolute atomic E-state index is 4.47. The van der Waals surface area contributed by atoms with Crippen molar-refractivity contribution in [2.45, 2.75) is 13.3 Å². The van der Waals surface area contributed by atoms with Gasteiger partial charge in [0.25, 0.3) is 0 Å². The second-order valence-electron chi connectivity index (χ2n) is 4.45. The molecule has 1 saturated heterocycles. The number of hydrogen-bond acceptors (Lipinski definition) is 3. The molecular formula is C12H18BrN3. The van der Waals surface area contributed by atoms with Crippen molar-refractivity contribution in [2.24, 2.45) is 5.92 Å². The summed E-state index contributed by atoms with van der Waals surface area (Å²) in [7, 11) is 2.02. The molecule has 16 heavy (non-hydrogen) atoms. The fourth-order valence-electron chi connectivity index (χ4n) is 2.19. The van der Waals surface area contributed by atoms with Crippen LogP contribution < -0.4 is 10.2 Å². The summed E-state index contributed by atoms with van der Waals surface area (Å²) in [6.07, 6.45) is 3.16. The molecule has 0 saturated carbocycles. The largest absolute Gasteiger partial charge is 0.356 e. The van der Waals surface area contributed by atoms with Gasteiger partial charge in [-0.15, -0.1) is 0 Å². The lowest BCUT2D eigenvalue weighted by atomic mass is 10.1. The van der Waals surface area contributed by atoms with Crippen LogP contribution in [0.5, 0.6) is 0 Å². The highest BCUT2D eigenvalue weighted by Crippen LogP contribution is 2.24. The lowest BCUT2D eigenvalue weighted by Crippen LogP contribution is -2.24. The zero-order chi connectivity index (χ0) is 11.5. The molecule has 3 nitrogen and oxygen atoms in total. The van der Waals surface area contributed by atoms with Crippen LogP contribution in [0.1, 0.15) is 12.0 Å². The Morgan fingerprint density at radius 2 is 2.44 bits per heavy atom. The van der Waals surface area contributed by atoms with Crippen molar-refractivity contribution >= 4 is 21.7 Å². The van der Waals surface area contributed by atoms with Crippen molar-refractivity contribution < 1.29 is 0 Å². The van der Waals surface area contributed by atoms with Crippen LogP contribution in [-0.2, 0) is 0 Å². The van der Waals surface area contributed by atoms with Gasteiger partial charge in [-0.2, -0.15) is 0 Å². The van der Waals surface area contributed by atoms with E-state index in [9.17, 15) is 0 Å². The molecule has 1 aliphatic heterocycles. The number of pyridine rings is 1. The van der Waals surface area contributed by atoms with Crippen molar-refractivity contribution in [3.63, 3.8) is 0 Å². The van der Waals surface area contributed by atoms with Gasteiger partial charge < -0.3 is 10.2 Å². The summed E-state index contributed by atoms with van der Waals surface area (Å²) < 4.78 is 1.09. The number of aromatic nitrogens is 1. The SMILES string of the molecule is CNCC1CCN(c2cc(C)c(Br)cn2)C1. The van der Waals surface area contributed by atoms with E-state index in [1.807, 2.05) is 13.2 Å². The van der Waals surface area contributed by atoms with Crippen molar-refractivity contribution in [1.29, 1.82) is 0 Å². The van der Waals surface area contributed by atoms with Crippen LogP contribution in [0.2, 0.25) is 0 Å². The highest BCUT2D eigenvalue weighted by molar-refractivity contribution is 9.10. The molecule has 0 bridgehead atoms. The van der Waals surface area contributed by atoms with Gasteiger partial charge in [-0.25, -0.2) is 4.98 Å². The second-order valence-corrected chi connectivity index (χ2v) is 5.30. The number of hydrogen-bond donors (Lipinski definition) is 1. The van der Waals surface area contributed by atoms with Gasteiger partial charge in [0, 0.05) is 23.8 Å². The highest BCUT2D eigenvalue weighted by atomic mass is 79.9. The Morgan fingerprint density at radius 3 is 3.12 bits per heavy atom. The first-order valence-electron chi connectivity index (χ1n) is 5.72. The summed E-state index contributed by atoms with van der Waals surface area (Å²) in [5.41, 5.74) is 1.25. The third-order valence-corrected chi connectivity index (χ3v) is 3.97. The van der Waals surface area contributed by atoms with E-state index < -0.39 is 0 Å². The zero-order valence-corrected chi connectivity index (χ0v) is 11.4. The van der Waals surface area contributed by atoms with E-state index in [-0.39, 0.29) is 0 Å². The van der Waals surface area contributed by atoms with Gasteiger partial charge in [0.2, 0.25) is 0 Å². The summed E-state index contributed by atoms with van der Waals surface area (Å²) in [6.45, 7) is 5.46. The minimum Gasteiger partial charge on any atom is -0.356 e. The first kappa shape index (κ1) is 11.9. The molecule has 0 aromatic carbocycles. The molecule has 0 amide bonds. The Labute approximate surface area is 105 Å². The molecule has 1 aromatic rings. The molecule has 0 radical (unpaired) electrons. The molecule has 2 heterocycles. The first-order chi connectivity index (χ1) is 7.70.